The largest absolute Gasteiger partial charge is 0.418 e. The highest BCUT2D eigenvalue weighted by Gasteiger charge is 2.19. The molecule has 0 atom stereocenters. The Kier molecular flexibility index (Phi) is 7.00. The number of rotatable bonds is 9. The van der Waals surface area contributed by atoms with E-state index in [0.717, 1.165) is 16.9 Å². The summed E-state index contributed by atoms with van der Waals surface area (Å²) in [6.45, 7) is 2.84. The Hall–Kier alpha value is -2.69. The zero-order valence-corrected chi connectivity index (χ0v) is 18.9. The Labute approximate surface area is 191 Å². The molecule has 3 aromatic heterocycles. The molecule has 0 aliphatic rings. The SMILES string of the molecule is CCCN(Cc1nnc(-c2cccs2)o1)C(=O)CSc1nnc(-c2ccc(Cl)cc2)o1. The van der Waals surface area contributed by atoms with Crippen LogP contribution in [0.25, 0.3) is 22.2 Å². The fourth-order valence-electron chi connectivity index (χ4n) is 2.73. The van der Waals surface area contributed by atoms with Crippen LogP contribution in [0, 0.1) is 0 Å². The molecule has 0 unspecified atom stereocenters. The van der Waals surface area contributed by atoms with E-state index < -0.39 is 0 Å². The normalized spacial score (nSPS) is 11.0. The van der Waals surface area contributed by atoms with E-state index in [2.05, 4.69) is 20.4 Å². The molecular weight excluding hydrogens is 458 g/mol. The first kappa shape index (κ1) is 21.5. The summed E-state index contributed by atoms with van der Waals surface area (Å²) in [5, 5.41) is 19.1. The number of hydrogen-bond donors (Lipinski definition) is 0. The highest BCUT2D eigenvalue weighted by atomic mass is 35.5. The molecule has 0 saturated carbocycles. The molecule has 8 nitrogen and oxygen atoms in total. The third-order valence-corrected chi connectivity index (χ3v) is 6.10. The van der Waals surface area contributed by atoms with Gasteiger partial charge in [0.05, 0.1) is 17.2 Å². The molecule has 160 valence electrons. The van der Waals surface area contributed by atoms with Crippen LogP contribution in [-0.4, -0.2) is 43.5 Å². The van der Waals surface area contributed by atoms with Crippen LogP contribution in [0.1, 0.15) is 19.2 Å². The number of thioether (sulfide) groups is 1. The van der Waals surface area contributed by atoms with Gasteiger partial charge in [0.2, 0.25) is 17.7 Å². The predicted molar refractivity (Wildman–Crippen MR) is 119 cm³/mol. The topological polar surface area (TPSA) is 98.2 Å². The summed E-state index contributed by atoms with van der Waals surface area (Å²) in [5.74, 6) is 1.33. The molecule has 1 amide bonds. The van der Waals surface area contributed by atoms with Crippen LogP contribution in [0.5, 0.6) is 0 Å². The summed E-state index contributed by atoms with van der Waals surface area (Å²) in [6, 6.07) is 10.9. The molecule has 3 heterocycles. The zero-order chi connectivity index (χ0) is 21.6. The van der Waals surface area contributed by atoms with Crippen LogP contribution in [0.15, 0.2) is 55.8 Å². The van der Waals surface area contributed by atoms with Crippen LogP contribution >= 0.6 is 34.7 Å². The Bertz CT molecular complexity index is 1130. The minimum Gasteiger partial charge on any atom is -0.418 e. The van der Waals surface area contributed by atoms with E-state index in [1.165, 1.54) is 23.1 Å². The van der Waals surface area contributed by atoms with Gasteiger partial charge in [-0.15, -0.1) is 31.7 Å². The third-order valence-electron chi connectivity index (χ3n) is 4.19. The standard InChI is InChI=1S/C20H18ClN5O3S2/c1-2-9-26(11-16-22-24-19(28-16)15-4-3-10-30-15)17(27)12-31-20-25-23-18(29-20)13-5-7-14(21)8-6-13/h3-8,10H,2,9,11-12H2,1H3. The number of benzene rings is 1. The quantitative estimate of drug-likeness (QED) is 0.311. The van der Waals surface area contributed by atoms with Crippen LogP contribution < -0.4 is 0 Å². The minimum absolute atomic E-state index is 0.0750. The highest BCUT2D eigenvalue weighted by Crippen LogP contribution is 2.25. The lowest BCUT2D eigenvalue weighted by Crippen LogP contribution is -2.32. The Morgan fingerprint density at radius 2 is 1.90 bits per heavy atom. The van der Waals surface area contributed by atoms with Crippen LogP contribution in [0.4, 0.5) is 0 Å². The van der Waals surface area contributed by atoms with Crippen molar-refractivity contribution in [2.24, 2.45) is 0 Å². The molecule has 0 aliphatic carbocycles. The summed E-state index contributed by atoms with van der Waals surface area (Å²) in [7, 11) is 0. The third kappa shape index (κ3) is 5.52. The summed E-state index contributed by atoms with van der Waals surface area (Å²) >= 11 is 8.62. The maximum atomic E-state index is 12.8. The fourth-order valence-corrected chi connectivity index (χ4v) is 4.17. The Morgan fingerprint density at radius 1 is 1.10 bits per heavy atom. The van der Waals surface area contributed by atoms with Crippen LogP contribution in [0.2, 0.25) is 5.02 Å². The van der Waals surface area contributed by atoms with E-state index in [1.807, 2.05) is 24.4 Å². The second kappa shape index (κ2) is 10.1. The van der Waals surface area contributed by atoms with Gasteiger partial charge in [-0.05, 0) is 42.1 Å². The average Bonchev–Trinajstić information content (AvgIpc) is 3.53. The summed E-state index contributed by atoms with van der Waals surface area (Å²) in [4.78, 5) is 15.4. The molecule has 4 aromatic rings. The van der Waals surface area contributed by atoms with Gasteiger partial charge in [-0.1, -0.05) is 36.4 Å². The number of aromatic nitrogens is 4. The number of thiophene rings is 1. The number of halogens is 1. The van der Waals surface area contributed by atoms with Crippen molar-refractivity contribution in [3.8, 4) is 22.2 Å². The molecule has 0 saturated heterocycles. The molecule has 0 radical (unpaired) electrons. The number of carbonyl (C=O) groups excluding carboxylic acids is 1. The lowest BCUT2D eigenvalue weighted by molar-refractivity contribution is -0.129. The minimum atomic E-state index is -0.0750. The zero-order valence-electron chi connectivity index (χ0n) is 16.5. The van der Waals surface area contributed by atoms with Crippen molar-refractivity contribution in [1.29, 1.82) is 0 Å². The first-order valence-electron chi connectivity index (χ1n) is 9.48. The lowest BCUT2D eigenvalue weighted by Gasteiger charge is -2.19. The molecule has 0 N–H and O–H groups in total. The smallest absolute Gasteiger partial charge is 0.277 e. The number of hydrogen-bond acceptors (Lipinski definition) is 9. The molecule has 0 fully saturated rings. The van der Waals surface area contributed by atoms with Gasteiger partial charge in [-0.2, -0.15) is 0 Å². The fraction of sp³-hybridized carbons (Fsp3) is 0.250. The molecular formula is C20H18ClN5O3S2. The van der Waals surface area contributed by atoms with Gasteiger partial charge in [0.1, 0.15) is 0 Å². The molecule has 31 heavy (non-hydrogen) atoms. The van der Waals surface area contributed by atoms with Gasteiger partial charge in [0.15, 0.2) is 0 Å². The second-order valence-electron chi connectivity index (χ2n) is 6.46. The first-order chi connectivity index (χ1) is 15.1. The summed E-state index contributed by atoms with van der Waals surface area (Å²) < 4.78 is 11.4. The molecule has 0 spiro atoms. The van der Waals surface area contributed by atoms with Crippen LogP contribution in [0.3, 0.4) is 0 Å². The Balaban J connectivity index is 1.36. The van der Waals surface area contributed by atoms with Gasteiger partial charge in [0.25, 0.3) is 11.1 Å². The molecule has 0 aliphatic heterocycles. The van der Waals surface area contributed by atoms with E-state index in [1.54, 1.807) is 29.2 Å². The van der Waals surface area contributed by atoms with Crippen molar-refractivity contribution in [3.05, 3.63) is 52.7 Å². The lowest BCUT2D eigenvalue weighted by atomic mass is 10.2. The number of nitrogens with zero attached hydrogens (tertiary/aromatic N) is 5. The van der Waals surface area contributed by atoms with Crippen molar-refractivity contribution < 1.29 is 13.6 Å². The van der Waals surface area contributed by atoms with Crippen LogP contribution in [-0.2, 0) is 11.3 Å². The van der Waals surface area contributed by atoms with E-state index in [4.69, 9.17) is 20.4 Å². The maximum absolute atomic E-state index is 12.8. The monoisotopic (exact) mass is 475 g/mol. The van der Waals surface area contributed by atoms with Crippen molar-refractivity contribution in [3.63, 3.8) is 0 Å². The molecule has 11 heteroatoms. The summed E-state index contributed by atoms with van der Waals surface area (Å²) in [5.41, 5.74) is 0.764. The predicted octanol–water partition coefficient (Wildman–Crippen LogP) is 5.03. The molecule has 0 bridgehead atoms. The number of carbonyl (C=O) groups is 1. The maximum Gasteiger partial charge on any atom is 0.277 e. The highest BCUT2D eigenvalue weighted by molar-refractivity contribution is 7.99. The van der Waals surface area contributed by atoms with Crippen molar-refractivity contribution >= 4 is 40.6 Å². The van der Waals surface area contributed by atoms with Gasteiger partial charge in [-0.3, -0.25) is 4.79 Å². The Morgan fingerprint density at radius 3 is 2.65 bits per heavy atom. The van der Waals surface area contributed by atoms with Gasteiger partial charge < -0.3 is 13.7 Å². The van der Waals surface area contributed by atoms with Gasteiger partial charge in [-0.25, -0.2) is 0 Å². The van der Waals surface area contributed by atoms with Crippen molar-refractivity contribution in [1.82, 2.24) is 25.3 Å². The second-order valence-corrected chi connectivity index (χ2v) is 8.77. The van der Waals surface area contributed by atoms with Crippen molar-refractivity contribution in [2.45, 2.75) is 25.1 Å². The van der Waals surface area contributed by atoms with E-state index >= 15 is 0 Å². The van der Waals surface area contributed by atoms with E-state index in [0.29, 0.717) is 34.5 Å². The van der Waals surface area contributed by atoms with Gasteiger partial charge >= 0.3 is 0 Å². The van der Waals surface area contributed by atoms with E-state index in [-0.39, 0.29) is 18.2 Å². The molecule has 1 aromatic carbocycles. The first-order valence-corrected chi connectivity index (χ1v) is 11.7. The average molecular weight is 476 g/mol. The van der Waals surface area contributed by atoms with Gasteiger partial charge in [0, 0.05) is 17.1 Å². The van der Waals surface area contributed by atoms with E-state index in [9.17, 15) is 4.79 Å². The molecule has 4 rings (SSSR count). The summed E-state index contributed by atoms with van der Waals surface area (Å²) in [6.07, 6.45) is 0.809. The van der Waals surface area contributed by atoms with Crippen molar-refractivity contribution in [2.75, 3.05) is 12.3 Å². The number of amides is 1.